The molecule has 1 saturated heterocycles. The van der Waals surface area contributed by atoms with Gasteiger partial charge in [0.15, 0.2) is 11.0 Å². The second-order valence-corrected chi connectivity index (χ2v) is 7.14. The van der Waals surface area contributed by atoms with Crippen molar-refractivity contribution >= 4 is 34.4 Å². The molecule has 1 fully saturated rings. The largest absolute Gasteiger partial charge is 0.444 e. The summed E-state index contributed by atoms with van der Waals surface area (Å²) in [5.74, 6) is -0.0767. The number of hydrogen-bond donors (Lipinski definition) is 0. The van der Waals surface area contributed by atoms with Gasteiger partial charge in [-0.15, -0.1) is 0 Å². The molecule has 0 atom stereocenters. The van der Waals surface area contributed by atoms with Crippen LogP contribution in [-0.4, -0.2) is 57.7 Å². The molecular formula is C16H19ClFN5O2. The van der Waals surface area contributed by atoms with Crippen molar-refractivity contribution < 1.29 is 13.9 Å². The molecule has 134 valence electrons. The number of halogens is 2. The highest BCUT2D eigenvalue weighted by atomic mass is 35.5. The van der Waals surface area contributed by atoms with Crippen molar-refractivity contribution in [1.29, 1.82) is 0 Å². The highest BCUT2D eigenvalue weighted by Crippen LogP contribution is 2.27. The number of hydrogen-bond acceptors (Lipinski definition) is 6. The van der Waals surface area contributed by atoms with Gasteiger partial charge in [0.05, 0.1) is 5.39 Å². The Labute approximate surface area is 149 Å². The lowest BCUT2D eigenvalue weighted by atomic mass is 10.2. The maximum Gasteiger partial charge on any atom is 0.410 e. The molecule has 0 spiro atoms. The van der Waals surface area contributed by atoms with Crippen LogP contribution in [0.15, 0.2) is 12.5 Å². The van der Waals surface area contributed by atoms with Gasteiger partial charge in [-0.3, -0.25) is 0 Å². The molecule has 0 bridgehead atoms. The predicted octanol–water partition coefficient (Wildman–Crippen LogP) is 2.87. The SMILES string of the molecule is CC(C)(C)OC(=O)N1CCN(c2ncnc3c(F)c(Cl)ncc23)CC1. The number of piperazine rings is 1. The Morgan fingerprint density at radius 2 is 1.88 bits per heavy atom. The van der Waals surface area contributed by atoms with Gasteiger partial charge in [0.2, 0.25) is 0 Å². The van der Waals surface area contributed by atoms with Gasteiger partial charge in [-0.25, -0.2) is 24.1 Å². The minimum Gasteiger partial charge on any atom is -0.444 e. The smallest absolute Gasteiger partial charge is 0.410 e. The third-order valence-corrected chi connectivity index (χ3v) is 4.05. The molecule has 0 saturated carbocycles. The van der Waals surface area contributed by atoms with Gasteiger partial charge in [0.1, 0.15) is 23.3 Å². The van der Waals surface area contributed by atoms with Crippen molar-refractivity contribution in [3.05, 3.63) is 23.5 Å². The van der Waals surface area contributed by atoms with E-state index in [-0.39, 0.29) is 16.8 Å². The van der Waals surface area contributed by atoms with Crippen LogP contribution in [0, 0.1) is 5.82 Å². The van der Waals surface area contributed by atoms with E-state index in [1.54, 1.807) is 4.90 Å². The summed E-state index contributed by atoms with van der Waals surface area (Å²) < 4.78 is 19.5. The first-order valence-corrected chi connectivity index (χ1v) is 8.31. The third kappa shape index (κ3) is 3.73. The van der Waals surface area contributed by atoms with Crippen LogP contribution in [0.3, 0.4) is 0 Å². The molecule has 1 aliphatic heterocycles. The van der Waals surface area contributed by atoms with E-state index in [9.17, 15) is 9.18 Å². The Morgan fingerprint density at radius 3 is 2.52 bits per heavy atom. The van der Waals surface area contributed by atoms with Crippen molar-refractivity contribution in [2.75, 3.05) is 31.1 Å². The van der Waals surface area contributed by atoms with Crippen molar-refractivity contribution in [2.24, 2.45) is 0 Å². The van der Waals surface area contributed by atoms with E-state index in [1.165, 1.54) is 12.5 Å². The van der Waals surface area contributed by atoms with Crippen LogP contribution in [0.1, 0.15) is 20.8 Å². The molecule has 1 amide bonds. The molecule has 0 aliphatic carbocycles. The van der Waals surface area contributed by atoms with Gasteiger partial charge in [-0.2, -0.15) is 0 Å². The monoisotopic (exact) mass is 367 g/mol. The summed E-state index contributed by atoms with van der Waals surface area (Å²) in [7, 11) is 0. The van der Waals surface area contributed by atoms with Gasteiger partial charge in [-0.05, 0) is 20.8 Å². The molecule has 0 unspecified atom stereocenters. The summed E-state index contributed by atoms with van der Waals surface area (Å²) in [5.41, 5.74) is -0.390. The van der Waals surface area contributed by atoms with Crippen molar-refractivity contribution in [2.45, 2.75) is 26.4 Å². The normalized spacial score (nSPS) is 15.6. The number of nitrogens with zero attached hydrogens (tertiary/aromatic N) is 5. The van der Waals surface area contributed by atoms with E-state index >= 15 is 0 Å². The Morgan fingerprint density at radius 1 is 1.20 bits per heavy atom. The lowest BCUT2D eigenvalue weighted by Crippen LogP contribution is -2.50. The molecule has 2 aromatic rings. The van der Waals surface area contributed by atoms with Gasteiger partial charge < -0.3 is 14.5 Å². The fraction of sp³-hybridized carbons (Fsp3) is 0.500. The van der Waals surface area contributed by atoms with Crippen LogP contribution in [-0.2, 0) is 4.74 Å². The Bertz CT molecular complexity index is 803. The zero-order valence-electron chi connectivity index (χ0n) is 14.3. The van der Waals surface area contributed by atoms with Gasteiger partial charge >= 0.3 is 6.09 Å². The van der Waals surface area contributed by atoms with Crippen LogP contribution >= 0.6 is 11.6 Å². The Balaban J connectivity index is 1.77. The first kappa shape index (κ1) is 17.6. The summed E-state index contributed by atoms with van der Waals surface area (Å²) in [6.07, 6.45) is 2.44. The zero-order valence-corrected chi connectivity index (χ0v) is 15.0. The molecule has 3 rings (SSSR count). The molecule has 9 heteroatoms. The number of rotatable bonds is 1. The Kier molecular flexibility index (Phi) is 4.64. The van der Waals surface area contributed by atoms with E-state index in [2.05, 4.69) is 15.0 Å². The maximum absolute atomic E-state index is 14.1. The summed E-state index contributed by atoms with van der Waals surface area (Å²) in [5, 5.41) is 0.280. The molecule has 7 nitrogen and oxygen atoms in total. The average molecular weight is 368 g/mol. The Hall–Kier alpha value is -2.22. The van der Waals surface area contributed by atoms with E-state index < -0.39 is 11.4 Å². The molecule has 2 aromatic heterocycles. The number of pyridine rings is 1. The number of carbonyl (C=O) groups excluding carboxylic acids is 1. The van der Waals surface area contributed by atoms with Crippen LogP contribution in [0.25, 0.3) is 10.9 Å². The van der Waals surface area contributed by atoms with Gasteiger partial charge in [-0.1, -0.05) is 11.6 Å². The van der Waals surface area contributed by atoms with E-state index in [0.717, 1.165) is 0 Å². The van der Waals surface area contributed by atoms with Crippen molar-refractivity contribution in [3.8, 4) is 0 Å². The van der Waals surface area contributed by atoms with Gasteiger partial charge in [0, 0.05) is 32.4 Å². The van der Waals surface area contributed by atoms with E-state index in [4.69, 9.17) is 16.3 Å². The first-order valence-electron chi connectivity index (χ1n) is 7.94. The van der Waals surface area contributed by atoms with Crippen LogP contribution < -0.4 is 4.90 Å². The van der Waals surface area contributed by atoms with Crippen molar-refractivity contribution in [3.63, 3.8) is 0 Å². The number of carbonyl (C=O) groups is 1. The molecule has 0 radical (unpaired) electrons. The summed E-state index contributed by atoms with van der Waals surface area (Å²) in [4.78, 5) is 27.8. The minimum absolute atomic E-state index is 0.138. The minimum atomic E-state index is -0.657. The molecule has 25 heavy (non-hydrogen) atoms. The fourth-order valence-electron chi connectivity index (χ4n) is 2.63. The van der Waals surface area contributed by atoms with Crippen LogP contribution in [0.2, 0.25) is 5.15 Å². The zero-order chi connectivity index (χ0) is 18.2. The fourth-order valence-corrected chi connectivity index (χ4v) is 2.77. The average Bonchev–Trinajstić information content (AvgIpc) is 2.56. The lowest BCUT2D eigenvalue weighted by Gasteiger charge is -2.36. The number of fused-ring (bicyclic) bond motifs is 1. The highest BCUT2D eigenvalue weighted by molar-refractivity contribution is 6.30. The van der Waals surface area contributed by atoms with Crippen LogP contribution in [0.4, 0.5) is 15.0 Å². The molecule has 0 aromatic carbocycles. The molecule has 1 aliphatic rings. The standard InChI is InChI=1S/C16H19ClFN5O2/c1-16(2,3)25-15(24)23-6-4-22(5-7-23)14-10-8-19-13(17)11(18)12(10)20-9-21-14/h8-9H,4-7H2,1-3H3. The molecule has 3 heterocycles. The van der Waals surface area contributed by atoms with Gasteiger partial charge in [0.25, 0.3) is 0 Å². The maximum atomic E-state index is 14.1. The first-order chi connectivity index (χ1) is 11.8. The topological polar surface area (TPSA) is 71.5 Å². The van der Waals surface area contributed by atoms with Crippen LogP contribution in [0.5, 0.6) is 0 Å². The summed E-state index contributed by atoms with van der Waals surface area (Å²) in [6.45, 7) is 7.58. The number of amides is 1. The predicted molar refractivity (Wildman–Crippen MR) is 92.3 cm³/mol. The van der Waals surface area contributed by atoms with E-state index in [0.29, 0.717) is 37.4 Å². The lowest BCUT2D eigenvalue weighted by molar-refractivity contribution is 0.0240. The number of aromatic nitrogens is 3. The second-order valence-electron chi connectivity index (χ2n) is 6.78. The molecular weight excluding hydrogens is 349 g/mol. The number of ether oxygens (including phenoxy) is 1. The second kappa shape index (κ2) is 6.59. The van der Waals surface area contributed by atoms with E-state index in [1.807, 2.05) is 25.7 Å². The number of anilines is 1. The quantitative estimate of drug-likeness (QED) is 0.722. The molecule has 0 N–H and O–H groups in total. The summed E-state index contributed by atoms with van der Waals surface area (Å²) >= 11 is 5.71. The highest BCUT2D eigenvalue weighted by Gasteiger charge is 2.27. The summed E-state index contributed by atoms with van der Waals surface area (Å²) in [6, 6.07) is 0. The van der Waals surface area contributed by atoms with Crippen molar-refractivity contribution in [1.82, 2.24) is 19.9 Å². The third-order valence-electron chi connectivity index (χ3n) is 3.79.